The smallest absolute Gasteiger partial charge is 0.326 e. The molecule has 0 aromatic heterocycles. The molecule has 0 saturated heterocycles. The Labute approximate surface area is 125 Å². The SMILES string of the molecule is CCCN(CCN(C)C)C(=O)N[C@@H](CCSC)C(=O)O. The summed E-state index contributed by atoms with van der Waals surface area (Å²) in [6.45, 7) is 3.99. The van der Waals surface area contributed by atoms with Crippen LogP contribution in [0.2, 0.25) is 0 Å². The number of likely N-dealkylation sites (N-methyl/N-ethyl adjacent to an activating group) is 1. The standard InChI is InChI=1S/C13H27N3O3S/c1-5-7-16(9-8-15(2)3)13(19)14-11(12(17)18)6-10-20-4/h11H,5-10H2,1-4H3,(H,14,19)(H,17,18)/t11-/m0/s1. The van der Waals surface area contributed by atoms with E-state index >= 15 is 0 Å². The fourth-order valence-electron chi connectivity index (χ4n) is 1.64. The molecule has 118 valence electrons. The summed E-state index contributed by atoms with van der Waals surface area (Å²) in [7, 11) is 3.89. The van der Waals surface area contributed by atoms with Gasteiger partial charge in [0.05, 0.1) is 0 Å². The van der Waals surface area contributed by atoms with Crippen molar-refractivity contribution in [2.45, 2.75) is 25.8 Å². The van der Waals surface area contributed by atoms with Crippen molar-refractivity contribution in [1.82, 2.24) is 15.1 Å². The van der Waals surface area contributed by atoms with Crippen molar-refractivity contribution in [3.63, 3.8) is 0 Å². The van der Waals surface area contributed by atoms with Crippen LogP contribution in [-0.4, -0.2) is 78.7 Å². The molecule has 0 bridgehead atoms. The molecule has 7 heteroatoms. The zero-order chi connectivity index (χ0) is 15.5. The maximum atomic E-state index is 12.1. The van der Waals surface area contributed by atoms with Gasteiger partial charge in [-0.05, 0) is 38.9 Å². The molecular weight excluding hydrogens is 278 g/mol. The molecule has 0 spiro atoms. The van der Waals surface area contributed by atoms with Crippen LogP contribution in [0, 0.1) is 0 Å². The lowest BCUT2D eigenvalue weighted by atomic mass is 10.2. The van der Waals surface area contributed by atoms with E-state index in [4.69, 9.17) is 5.11 Å². The van der Waals surface area contributed by atoms with Crippen LogP contribution in [0.4, 0.5) is 4.79 Å². The molecular formula is C13H27N3O3S. The topological polar surface area (TPSA) is 72.9 Å². The van der Waals surface area contributed by atoms with Gasteiger partial charge in [0.15, 0.2) is 0 Å². The van der Waals surface area contributed by atoms with E-state index in [0.29, 0.717) is 25.3 Å². The third kappa shape index (κ3) is 8.27. The summed E-state index contributed by atoms with van der Waals surface area (Å²) in [6.07, 6.45) is 3.21. The number of carboxylic acids is 1. The van der Waals surface area contributed by atoms with Crippen molar-refractivity contribution >= 4 is 23.8 Å². The summed E-state index contributed by atoms with van der Waals surface area (Å²) in [4.78, 5) is 27.0. The second-order valence-electron chi connectivity index (χ2n) is 4.91. The van der Waals surface area contributed by atoms with Gasteiger partial charge in [-0.15, -0.1) is 0 Å². The van der Waals surface area contributed by atoms with Crippen molar-refractivity contribution in [3.8, 4) is 0 Å². The number of thioether (sulfide) groups is 1. The van der Waals surface area contributed by atoms with Gasteiger partial charge in [0.25, 0.3) is 0 Å². The van der Waals surface area contributed by atoms with E-state index in [0.717, 1.165) is 13.0 Å². The summed E-state index contributed by atoms with van der Waals surface area (Å²) in [5.41, 5.74) is 0. The predicted molar refractivity (Wildman–Crippen MR) is 83.4 cm³/mol. The number of urea groups is 1. The van der Waals surface area contributed by atoms with Crippen LogP contribution in [-0.2, 0) is 4.79 Å². The Bertz CT molecular complexity index is 301. The highest BCUT2D eigenvalue weighted by Crippen LogP contribution is 2.03. The molecule has 6 nitrogen and oxygen atoms in total. The summed E-state index contributed by atoms with van der Waals surface area (Å²) < 4.78 is 0. The molecule has 0 aliphatic carbocycles. The number of nitrogens with one attached hydrogen (secondary N) is 1. The Kier molecular flexibility index (Phi) is 10.3. The van der Waals surface area contributed by atoms with Crippen LogP contribution in [0.5, 0.6) is 0 Å². The van der Waals surface area contributed by atoms with E-state index in [2.05, 4.69) is 5.32 Å². The van der Waals surface area contributed by atoms with Gasteiger partial charge in [0.1, 0.15) is 6.04 Å². The van der Waals surface area contributed by atoms with E-state index in [9.17, 15) is 9.59 Å². The number of amides is 2. The van der Waals surface area contributed by atoms with E-state index in [-0.39, 0.29) is 6.03 Å². The minimum Gasteiger partial charge on any atom is -0.480 e. The quantitative estimate of drug-likeness (QED) is 0.634. The Morgan fingerprint density at radius 1 is 1.25 bits per heavy atom. The lowest BCUT2D eigenvalue weighted by Crippen LogP contribution is -2.49. The van der Waals surface area contributed by atoms with Crippen molar-refractivity contribution < 1.29 is 14.7 Å². The molecule has 20 heavy (non-hydrogen) atoms. The second-order valence-corrected chi connectivity index (χ2v) is 5.90. The summed E-state index contributed by atoms with van der Waals surface area (Å²) in [6, 6.07) is -1.10. The fourth-order valence-corrected chi connectivity index (χ4v) is 2.11. The van der Waals surface area contributed by atoms with Crippen LogP contribution >= 0.6 is 11.8 Å². The van der Waals surface area contributed by atoms with Crippen molar-refractivity contribution in [3.05, 3.63) is 0 Å². The van der Waals surface area contributed by atoms with Gasteiger partial charge in [-0.1, -0.05) is 6.92 Å². The fraction of sp³-hybridized carbons (Fsp3) is 0.846. The number of hydrogen-bond acceptors (Lipinski definition) is 4. The molecule has 0 rings (SSSR count). The monoisotopic (exact) mass is 305 g/mol. The van der Waals surface area contributed by atoms with Crippen molar-refractivity contribution in [1.29, 1.82) is 0 Å². The first-order valence-corrected chi connectivity index (χ1v) is 8.23. The van der Waals surface area contributed by atoms with Gasteiger partial charge in [0.2, 0.25) is 0 Å². The maximum Gasteiger partial charge on any atom is 0.326 e. The lowest BCUT2D eigenvalue weighted by molar-refractivity contribution is -0.139. The van der Waals surface area contributed by atoms with Crippen molar-refractivity contribution in [2.24, 2.45) is 0 Å². The Morgan fingerprint density at radius 2 is 1.90 bits per heavy atom. The third-order valence-corrected chi connectivity index (χ3v) is 3.45. The summed E-state index contributed by atoms with van der Waals surface area (Å²) >= 11 is 1.57. The molecule has 0 aliphatic rings. The molecule has 0 aromatic carbocycles. The molecule has 0 unspecified atom stereocenters. The Morgan fingerprint density at radius 3 is 2.35 bits per heavy atom. The normalized spacial score (nSPS) is 12.2. The summed E-state index contributed by atoms with van der Waals surface area (Å²) in [5, 5.41) is 11.7. The number of carbonyl (C=O) groups excluding carboxylic acids is 1. The number of nitrogens with zero attached hydrogens (tertiary/aromatic N) is 2. The number of rotatable bonds is 10. The number of carboxylic acid groups (broad SMARTS) is 1. The molecule has 1 atom stereocenters. The Hall–Kier alpha value is -0.950. The van der Waals surface area contributed by atoms with E-state index < -0.39 is 12.0 Å². The molecule has 2 amide bonds. The van der Waals surface area contributed by atoms with Crippen LogP contribution in [0.25, 0.3) is 0 Å². The second kappa shape index (κ2) is 10.8. The molecule has 0 aromatic rings. The van der Waals surface area contributed by atoms with Crippen LogP contribution in [0.3, 0.4) is 0 Å². The van der Waals surface area contributed by atoms with Gasteiger partial charge in [-0.25, -0.2) is 9.59 Å². The van der Waals surface area contributed by atoms with Crippen LogP contribution < -0.4 is 5.32 Å². The first-order chi connectivity index (χ1) is 9.42. The average Bonchev–Trinajstić information content (AvgIpc) is 2.38. The minimum atomic E-state index is -0.976. The molecule has 0 aliphatic heterocycles. The van der Waals surface area contributed by atoms with Gasteiger partial charge >= 0.3 is 12.0 Å². The minimum absolute atomic E-state index is 0.290. The van der Waals surface area contributed by atoms with E-state index in [1.165, 1.54) is 0 Å². The largest absolute Gasteiger partial charge is 0.480 e. The Balaban J connectivity index is 4.49. The van der Waals surface area contributed by atoms with Gasteiger partial charge in [-0.2, -0.15) is 11.8 Å². The van der Waals surface area contributed by atoms with Gasteiger partial charge in [-0.3, -0.25) is 0 Å². The van der Waals surface area contributed by atoms with Crippen LogP contribution in [0.1, 0.15) is 19.8 Å². The lowest BCUT2D eigenvalue weighted by Gasteiger charge is -2.26. The van der Waals surface area contributed by atoms with Crippen molar-refractivity contribution in [2.75, 3.05) is 45.7 Å². The first-order valence-electron chi connectivity index (χ1n) is 6.84. The average molecular weight is 305 g/mol. The highest BCUT2D eigenvalue weighted by atomic mass is 32.2. The van der Waals surface area contributed by atoms with Crippen LogP contribution in [0.15, 0.2) is 0 Å². The van der Waals surface area contributed by atoms with Gasteiger partial charge < -0.3 is 20.2 Å². The zero-order valence-corrected chi connectivity index (χ0v) is 13.7. The zero-order valence-electron chi connectivity index (χ0n) is 12.9. The number of aliphatic carboxylic acids is 1. The predicted octanol–water partition coefficient (Wildman–Crippen LogP) is 1.18. The number of hydrogen-bond donors (Lipinski definition) is 2. The number of carbonyl (C=O) groups is 2. The first kappa shape index (κ1) is 19.1. The summed E-state index contributed by atoms with van der Waals surface area (Å²) in [5.74, 6) is -0.264. The third-order valence-electron chi connectivity index (χ3n) is 2.80. The molecule has 0 radical (unpaired) electrons. The molecule has 2 N–H and O–H groups in total. The highest BCUT2D eigenvalue weighted by Gasteiger charge is 2.22. The van der Waals surface area contributed by atoms with E-state index in [1.807, 2.05) is 32.2 Å². The highest BCUT2D eigenvalue weighted by molar-refractivity contribution is 7.98. The molecule has 0 heterocycles. The molecule has 0 saturated carbocycles. The maximum absolute atomic E-state index is 12.1. The van der Waals surface area contributed by atoms with E-state index in [1.54, 1.807) is 16.7 Å². The molecule has 0 fully saturated rings. The van der Waals surface area contributed by atoms with Gasteiger partial charge in [0, 0.05) is 19.6 Å².